The van der Waals surface area contributed by atoms with Crippen LogP contribution in [0.15, 0.2) is 23.1 Å². The van der Waals surface area contributed by atoms with Crippen LogP contribution in [0.3, 0.4) is 0 Å². The van der Waals surface area contributed by atoms with Gasteiger partial charge in [-0.1, -0.05) is 18.5 Å². The van der Waals surface area contributed by atoms with Crippen molar-refractivity contribution in [3.63, 3.8) is 0 Å². The second kappa shape index (κ2) is 5.58. The molecule has 0 saturated carbocycles. The van der Waals surface area contributed by atoms with Gasteiger partial charge in [0.05, 0.1) is 21.2 Å². The van der Waals surface area contributed by atoms with Crippen LogP contribution >= 0.6 is 11.6 Å². The number of nitrogens with two attached hydrogens (primary N) is 1. The maximum absolute atomic E-state index is 12.1. The first-order chi connectivity index (χ1) is 8.65. The zero-order chi connectivity index (χ0) is 14.8. The Morgan fingerprint density at radius 3 is 2.47 bits per heavy atom. The normalized spacial score (nSPS) is 12.9. The molecule has 1 amide bonds. The number of halogens is 1. The van der Waals surface area contributed by atoms with E-state index in [2.05, 4.69) is 0 Å². The molecule has 1 aromatic rings. The fourth-order valence-corrected chi connectivity index (χ4v) is 3.52. The van der Waals surface area contributed by atoms with Crippen LogP contribution in [-0.2, 0) is 14.6 Å². The lowest BCUT2D eigenvalue weighted by molar-refractivity contribution is -0.120. The van der Waals surface area contributed by atoms with Crippen molar-refractivity contribution >= 4 is 33.3 Å². The molecule has 0 radical (unpaired) electrons. The molecule has 0 saturated heterocycles. The summed E-state index contributed by atoms with van der Waals surface area (Å²) in [5, 5.41) is 8.73. The number of hydrogen-bond donors (Lipinski definition) is 2. The highest BCUT2D eigenvalue weighted by molar-refractivity contribution is 7.91. The summed E-state index contributed by atoms with van der Waals surface area (Å²) in [4.78, 5) is 21.4. The quantitative estimate of drug-likeness (QED) is 0.840. The van der Waals surface area contributed by atoms with E-state index in [0.717, 1.165) is 6.07 Å². The first-order valence-corrected chi connectivity index (χ1v) is 7.23. The van der Waals surface area contributed by atoms with Crippen LogP contribution in [-0.4, -0.2) is 31.2 Å². The van der Waals surface area contributed by atoms with E-state index < -0.39 is 33.4 Å². The Morgan fingerprint density at radius 2 is 2.00 bits per heavy atom. The van der Waals surface area contributed by atoms with Crippen LogP contribution in [0.5, 0.6) is 0 Å². The minimum atomic E-state index is -3.89. The van der Waals surface area contributed by atoms with Gasteiger partial charge in [-0.05, 0) is 18.2 Å². The van der Waals surface area contributed by atoms with E-state index in [4.69, 9.17) is 22.4 Å². The lowest BCUT2D eigenvalue weighted by atomic mass is 10.2. The van der Waals surface area contributed by atoms with Crippen LogP contribution in [0.25, 0.3) is 0 Å². The van der Waals surface area contributed by atoms with Crippen LogP contribution < -0.4 is 5.73 Å². The lowest BCUT2D eigenvalue weighted by Gasteiger charge is -2.10. The molecular weight excluding hydrogens is 294 g/mol. The Labute approximate surface area is 115 Å². The van der Waals surface area contributed by atoms with Gasteiger partial charge in [0.1, 0.15) is 0 Å². The second-order valence-corrected chi connectivity index (χ2v) is 6.45. The molecule has 0 fully saturated rings. The van der Waals surface area contributed by atoms with E-state index in [1.54, 1.807) is 0 Å². The highest BCUT2D eigenvalue weighted by atomic mass is 35.5. The number of carbonyl (C=O) groups is 2. The smallest absolute Gasteiger partial charge is 0.335 e. The zero-order valence-corrected chi connectivity index (χ0v) is 11.5. The molecule has 0 aliphatic rings. The minimum Gasteiger partial charge on any atom is -0.478 e. The van der Waals surface area contributed by atoms with E-state index in [9.17, 15) is 18.0 Å². The first-order valence-electron chi connectivity index (χ1n) is 5.20. The third-order valence-electron chi connectivity index (χ3n) is 2.47. The number of amides is 1. The average molecular weight is 306 g/mol. The van der Waals surface area contributed by atoms with Gasteiger partial charge in [-0.25, -0.2) is 13.2 Å². The summed E-state index contributed by atoms with van der Waals surface area (Å²) in [7, 11) is -3.89. The molecule has 1 aromatic carbocycles. The van der Waals surface area contributed by atoms with Crippen LogP contribution in [0, 0.1) is 5.92 Å². The highest BCUT2D eigenvalue weighted by Crippen LogP contribution is 2.25. The molecular formula is C11H12ClNO5S. The Kier molecular flexibility index (Phi) is 4.54. The van der Waals surface area contributed by atoms with Crippen LogP contribution in [0.1, 0.15) is 17.3 Å². The van der Waals surface area contributed by atoms with Gasteiger partial charge in [0.2, 0.25) is 5.91 Å². The molecule has 1 atom stereocenters. The molecule has 6 nitrogen and oxygen atoms in total. The molecule has 8 heteroatoms. The van der Waals surface area contributed by atoms with Gasteiger partial charge in [0.25, 0.3) is 0 Å². The molecule has 0 aliphatic heterocycles. The fraction of sp³-hybridized carbons (Fsp3) is 0.273. The molecule has 0 aromatic heterocycles. The number of primary amides is 1. The number of carboxylic acids is 1. The minimum absolute atomic E-state index is 0.0957. The number of rotatable bonds is 5. The SMILES string of the molecule is CC(CS(=O)(=O)c1cc(C(=O)O)ccc1Cl)C(N)=O. The van der Waals surface area contributed by atoms with E-state index in [0.29, 0.717) is 0 Å². The van der Waals surface area contributed by atoms with Gasteiger partial charge in [-0.2, -0.15) is 0 Å². The predicted octanol–water partition coefficient (Wildman–Crippen LogP) is 0.933. The molecule has 1 rings (SSSR count). The molecule has 0 heterocycles. The summed E-state index contributed by atoms with van der Waals surface area (Å²) >= 11 is 5.76. The van der Waals surface area contributed by atoms with Crippen molar-refractivity contribution in [1.29, 1.82) is 0 Å². The molecule has 0 spiro atoms. The van der Waals surface area contributed by atoms with Crippen LogP contribution in [0.2, 0.25) is 5.02 Å². The lowest BCUT2D eigenvalue weighted by Crippen LogP contribution is -2.27. The Bertz CT molecular complexity index is 626. The Morgan fingerprint density at radius 1 is 1.42 bits per heavy atom. The molecule has 0 bridgehead atoms. The third-order valence-corrected chi connectivity index (χ3v) is 4.86. The molecule has 1 unspecified atom stereocenters. The third kappa shape index (κ3) is 3.68. The first kappa shape index (κ1) is 15.5. The number of hydrogen-bond acceptors (Lipinski definition) is 4. The van der Waals surface area contributed by atoms with Crippen LogP contribution in [0.4, 0.5) is 0 Å². The zero-order valence-electron chi connectivity index (χ0n) is 9.96. The van der Waals surface area contributed by atoms with Crippen molar-refractivity contribution in [2.45, 2.75) is 11.8 Å². The monoisotopic (exact) mass is 305 g/mol. The number of carbonyl (C=O) groups excluding carboxylic acids is 1. The summed E-state index contributed by atoms with van der Waals surface area (Å²) in [5.74, 6) is -3.44. The van der Waals surface area contributed by atoms with Crippen molar-refractivity contribution in [3.8, 4) is 0 Å². The summed E-state index contributed by atoms with van der Waals surface area (Å²) in [5.41, 5.74) is 4.81. The topological polar surface area (TPSA) is 115 Å². The van der Waals surface area contributed by atoms with Crippen molar-refractivity contribution < 1.29 is 23.1 Å². The predicted molar refractivity (Wildman–Crippen MR) is 68.8 cm³/mol. The van der Waals surface area contributed by atoms with E-state index in [1.807, 2.05) is 0 Å². The van der Waals surface area contributed by atoms with Crippen molar-refractivity contribution in [2.24, 2.45) is 11.7 Å². The van der Waals surface area contributed by atoms with Crippen molar-refractivity contribution in [3.05, 3.63) is 28.8 Å². The summed E-state index contributed by atoms with van der Waals surface area (Å²) < 4.78 is 24.1. The molecule has 19 heavy (non-hydrogen) atoms. The van der Waals surface area contributed by atoms with E-state index in [1.165, 1.54) is 19.1 Å². The van der Waals surface area contributed by atoms with E-state index >= 15 is 0 Å². The molecule has 3 N–H and O–H groups in total. The van der Waals surface area contributed by atoms with Gasteiger partial charge in [-0.3, -0.25) is 4.79 Å². The van der Waals surface area contributed by atoms with Crippen molar-refractivity contribution in [2.75, 3.05) is 5.75 Å². The van der Waals surface area contributed by atoms with Gasteiger partial charge < -0.3 is 10.8 Å². The average Bonchev–Trinajstić information content (AvgIpc) is 2.28. The largest absolute Gasteiger partial charge is 0.478 e. The Balaban J connectivity index is 3.24. The standard InChI is InChI=1S/C11H12ClNO5S/c1-6(10(13)14)5-19(17,18)9-4-7(11(15)16)2-3-8(9)12/h2-4,6H,5H2,1H3,(H2,13,14)(H,15,16). The van der Waals surface area contributed by atoms with Gasteiger partial charge >= 0.3 is 5.97 Å². The maximum atomic E-state index is 12.1. The summed E-state index contributed by atoms with van der Waals surface area (Å²) in [6.07, 6.45) is 0. The number of carboxylic acid groups (broad SMARTS) is 1. The number of benzene rings is 1. The van der Waals surface area contributed by atoms with Gasteiger partial charge in [0.15, 0.2) is 9.84 Å². The Hall–Kier alpha value is -1.60. The number of aromatic carboxylic acids is 1. The summed E-state index contributed by atoms with van der Waals surface area (Å²) in [6.45, 7) is 1.37. The highest BCUT2D eigenvalue weighted by Gasteiger charge is 2.25. The molecule has 0 aliphatic carbocycles. The summed E-state index contributed by atoms with van der Waals surface area (Å²) in [6, 6.07) is 3.35. The van der Waals surface area contributed by atoms with Crippen molar-refractivity contribution in [1.82, 2.24) is 0 Å². The van der Waals surface area contributed by atoms with Gasteiger partial charge in [0, 0.05) is 5.92 Å². The fourth-order valence-electron chi connectivity index (χ4n) is 1.38. The molecule has 104 valence electrons. The maximum Gasteiger partial charge on any atom is 0.335 e. The second-order valence-electron chi connectivity index (χ2n) is 4.04. The number of sulfone groups is 1. The van der Waals surface area contributed by atoms with E-state index in [-0.39, 0.29) is 15.5 Å². The van der Waals surface area contributed by atoms with Gasteiger partial charge in [-0.15, -0.1) is 0 Å².